The van der Waals surface area contributed by atoms with Crippen molar-refractivity contribution in [3.05, 3.63) is 153 Å². The fraction of sp³-hybridized carbons (Fsp3) is 0.192. The summed E-state index contributed by atoms with van der Waals surface area (Å²) >= 11 is 0.837. The van der Waals surface area contributed by atoms with Crippen LogP contribution in [0, 0.1) is 6.92 Å². The summed E-state index contributed by atoms with van der Waals surface area (Å²) in [5.74, 6) is 0.563. The van der Waals surface area contributed by atoms with Crippen LogP contribution in [0.1, 0.15) is 65.9 Å². The van der Waals surface area contributed by atoms with Crippen molar-refractivity contribution in [3.63, 3.8) is 0 Å². The number of hydrogen-bond donors (Lipinski definition) is 1. The van der Waals surface area contributed by atoms with E-state index in [9.17, 15) is 28.1 Å². The van der Waals surface area contributed by atoms with Crippen molar-refractivity contribution in [2.24, 2.45) is 0 Å². The number of benzene rings is 8. The fourth-order valence-corrected chi connectivity index (χ4v) is 11.4. The molecule has 8 aromatic carbocycles. The number of hydrogen-bond acceptors (Lipinski definition) is 10. The minimum atomic E-state index is -4.70. The molecule has 8 aromatic rings. The standard InChI is InChI=1S/C52H42N2O9S2/c1-28-6-14-35(15-7-28)54-27-52(4,5)45-47(54)41-23-34-19-37(65(58,59)60)17-13-32(34)21-39(41)43-24-42-38-20-31-12-16-36(64-63-62-57)18-33(31)22-40(38)46-44(48(42)61-49(43)45)51(2,3)26-53(46)25-29-8-10-30(11-9-29)50(55)56/h6-24H,25-27H2,1-5H3,(H2-,55,56,57,58,59,60)/p-1. The molecule has 0 amide bonds. The zero-order valence-electron chi connectivity index (χ0n) is 36.0. The maximum atomic E-state index is 12.3. The van der Waals surface area contributed by atoms with Crippen molar-refractivity contribution < 1.29 is 42.2 Å². The molecule has 3 aliphatic heterocycles. The van der Waals surface area contributed by atoms with Crippen molar-refractivity contribution in [2.75, 3.05) is 18.0 Å². The lowest BCUT2D eigenvalue weighted by Gasteiger charge is -2.28. The number of carboxylic acid groups (broad SMARTS) is 1. The third-order valence-corrected chi connectivity index (χ3v) is 14.7. The zero-order valence-corrected chi connectivity index (χ0v) is 37.6. The van der Waals surface area contributed by atoms with Gasteiger partial charge in [-0.05, 0) is 125 Å². The van der Waals surface area contributed by atoms with Crippen LogP contribution in [0.4, 0.5) is 11.4 Å². The molecule has 0 saturated heterocycles. The Balaban J connectivity index is 1.25. The molecule has 0 fully saturated rings. The molecular formula is C52H41N2O9S2-. The van der Waals surface area contributed by atoms with Crippen LogP contribution < -0.4 is 30.0 Å². The highest BCUT2D eigenvalue weighted by Crippen LogP contribution is 2.55. The van der Waals surface area contributed by atoms with Gasteiger partial charge in [-0.15, -0.1) is 0 Å². The molecule has 11 nitrogen and oxygen atoms in total. The van der Waals surface area contributed by atoms with Crippen LogP contribution in [-0.4, -0.2) is 37.1 Å². The lowest BCUT2D eigenvalue weighted by molar-refractivity contribution is -0.777. The van der Waals surface area contributed by atoms with E-state index in [1.54, 1.807) is 18.2 Å². The molecule has 0 radical (unpaired) electrons. The first-order chi connectivity index (χ1) is 31.0. The summed E-state index contributed by atoms with van der Waals surface area (Å²) in [5, 5.41) is 33.0. The van der Waals surface area contributed by atoms with Crippen molar-refractivity contribution in [1.29, 1.82) is 0 Å². The van der Waals surface area contributed by atoms with Gasteiger partial charge in [0, 0.05) is 57.3 Å². The van der Waals surface area contributed by atoms with Gasteiger partial charge in [-0.2, -0.15) is 8.91 Å². The smallest absolute Gasteiger partial charge is 0.335 e. The second-order valence-corrected chi connectivity index (χ2v) is 20.9. The van der Waals surface area contributed by atoms with E-state index >= 15 is 0 Å². The number of fused-ring (bicyclic) bond motifs is 14. The Morgan fingerprint density at radius 3 is 2.18 bits per heavy atom. The van der Waals surface area contributed by atoms with Crippen LogP contribution >= 0.6 is 12.0 Å². The molecule has 65 heavy (non-hydrogen) atoms. The first-order valence-corrected chi connectivity index (χ1v) is 23.3. The predicted molar refractivity (Wildman–Crippen MR) is 249 cm³/mol. The molecule has 3 heterocycles. The van der Waals surface area contributed by atoms with Crippen LogP contribution in [0.15, 0.2) is 119 Å². The number of anilines is 1. The normalized spacial score (nSPS) is 15.8. The number of carboxylic acids is 1. The van der Waals surface area contributed by atoms with Crippen molar-refractivity contribution in [1.82, 2.24) is 4.58 Å². The minimum Gasteiger partial charge on any atom is -0.744 e. The Kier molecular flexibility index (Phi) is 9.29. The molecule has 0 unspecified atom stereocenters. The van der Waals surface area contributed by atoms with Gasteiger partial charge < -0.3 is 24.6 Å². The van der Waals surface area contributed by atoms with Gasteiger partial charge in [0.1, 0.15) is 21.6 Å². The number of ether oxygens (including phenoxy) is 1. The van der Waals surface area contributed by atoms with Crippen LogP contribution in [0.3, 0.4) is 0 Å². The SMILES string of the molecule is Cc1ccc([N+]2=c3c(c4c(c5cc6ccc(S(=O)(=O)[O-])cc6cc35)=Cc3c(c5c(c6cc7cc(SOO[O-])ccc7cc36)N(Cc3ccc(C(=O)O)cc3)CC5(C)C)O4)C(C)(C)C2)cc1. The highest BCUT2D eigenvalue weighted by atomic mass is 32.2. The summed E-state index contributed by atoms with van der Waals surface area (Å²) in [6.07, 6.45) is 2.26. The third-order valence-electron chi connectivity index (χ3n) is 13.3. The van der Waals surface area contributed by atoms with Gasteiger partial charge in [0.25, 0.3) is 0 Å². The van der Waals surface area contributed by atoms with Crippen LogP contribution in [0.2, 0.25) is 0 Å². The lowest BCUT2D eigenvalue weighted by atomic mass is 9.80. The fourth-order valence-electron chi connectivity index (χ4n) is 10.5. The Labute approximate surface area is 378 Å². The summed E-state index contributed by atoms with van der Waals surface area (Å²) in [4.78, 5) is 14.5. The van der Waals surface area contributed by atoms with E-state index in [2.05, 4.69) is 102 Å². The molecule has 0 atom stereocenters. The van der Waals surface area contributed by atoms with E-state index in [0.29, 0.717) is 29.9 Å². The van der Waals surface area contributed by atoms with Gasteiger partial charge in [-0.1, -0.05) is 55.8 Å². The summed E-state index contributed by atoms with van der Waals surface area (Å²) in [6.45, 7) is 12.8. The molecule has 1 N–H and O–H groups in total. The lowest BCUT2D eigenvalue weighted by Crippen LogP contribution is -2.30. The largest absolute Gasteiger partial charge is 0.744 e. The molecule has 0 saturated carbocycles. The maximum Gasteiger partial charge on any atom is 0.335 e. The van der Waals surface area contributed by atoms with E-state index in [0.717, 1.165) is 111 Å². The van der Waals surface area contributed by atoms with E-state index in [1.165, 1.54) is 12.1 Å². The average Bonchev–Trinajstić information content (AvgIpc) is 3.71. The van der Waals surface area contributed by atoms with Crippen molar-refractivity contribution >= 4 is 88.7 Å². The van der Waals surface area contributed by atoms with Crippen molar-refractivity contribution in [2.45, 2.75) is 61.8 Å². The van der Waals surface area contributed by atoms with E-state index in [1.807, 2.05) is 36.4 Å². The van der Waals surface area contributed by atoms with Crippen LogP contribution in [0.5, 0.6) is 11.5 Å². The highest BCUT2D eigenvalue weighted by molar-refractivity contribution is 7.94. The molecule has 3 aliphatic rings. The molecule has 13 heteroatoms. The van der Waals surface area contributed by atoms with Crippen LogP contribution in [0.25, 0.3) is 49.2 Å². The summed E-state index contributed by atoms with van der Waals surface area (Å²) in [6, 6.07) is 34.3. The molecule has 0 spiro atoms. The van der Waals surface area contributed by atoms with Crippen LogP contribution in [-0.2, 0) is 36.9 Å². The summed E-state index contributed by atoms with van der Waals surface area (Å²) in [5.41, 5.74) is 6.54. The second kappa shape index (κ2) is 14.6. The van der Waals surface area contributed by atoms with Gasteiger partial charge in [0.15, 0.2) is 6.54 Å². The first-order valence-electron chi connectivity index (χ1n) is 21.2. The second-order valence-electron chi connectivity index (χ2n) is 18.7. The van der Waals surface area contributed by atoms with Gasteiger partial charge in [-0.3, -0.25) is 5.04 Å². The number of aryl methyl sites for hydroxylation is 1. The number of rotatable bonds is 8. The maximum absolute atomic E-state index is 12.3. The highest BCUT2D eigenvalue weighted by Gasteiger charge is 2.46. The first kappa shape index (κ1) is 41.4. The molecule has 0 aliphatic carbocycles. The van der Waals surface area contributed by atoms with Gasteiger partial charge in [0.2, 0.25) is 11.0 Å². The summed E-state index contributed by atoms with van der Waals surface area (Å²) < 4.78 is 51.5. The molecule has 0 aromatic heterocycles. The topological polar surface area (TPSA) is 151 Å². The van der Waals surface area contributed by atoms with Gasteiger partial charge in [-0.25, -0.2) is 13.2 Å². The minimum absolute atomic E-state index is 0.224. The van der Waals surface area contributed by atoms with Gasteiger partial charge in [0.05, 0.1) is 44.6 Å². The Bertz CT molecular complexity index is 3660. The molecular weight excluding hydrogens is 861 g/mol. The van der Waals surface area contributed by atoms with Crippen molar-refractivity contribution in [3.8, 4) is 11.5 Å². The Morgan fingerprint density at radius 1 is 0.800 bits per heavy atom. The monoisotopic (exact) mass is 901 g/mol. The molecule has 11 rings (SSSR count). The Hall–Kier alpha value is -6.32. The quantitative estimate of drug-likeness (QED) is 0.0389. The average molecular weight is 902 g/mol. The number of carbonyl (C=O) groups is 1. The molecule has 326 valence electrons. The van der Waals surface area contributed by atoms with E-state index < -0.39 is 26.9 Å². The van der Waals surface area contributed by atoms with E-state index in [4.69, 9.17) is 4.74 Å². The van der Waals surface area contributed by atoms with Gasteiger partial charge >= 0.3 is 5.97 Å². The third kappa shape index (κ3) is 6.67. The summed E-state index contributed by atoms with van der Waals surface area (Å²) in [7, 11) is -4.70. The predicted octanol–water partition coefficient (Wildman–Crippen LogP) is 8.79. The Morgan fingerprint density at radius 2 is 1.48 bits per heavy atom. The molecule has 0 bridgehead atoms. The number of aromatic carboxylic acids is 1. The number of nitrogens with zero attached hydrogens (tertiary/aromatic N) is 2. The zero-order chi connectivity index (χ0) is 45.3. The van der Waals surface area contributed by atoms with E-state index in [-0.39, 0.29) is 10.5 Å².